The molecule has 0 atom stereocenters. The monoisotopic (exact) mass is 154 g/mol. The molecule has 0 aromatic carbocycles. The van der Waals surface area contributed by atoms with Crippen LogP contribution in [0.25, 0.3) is 0 Å². The first-order valence-corrected chi connectivity index (χ1v) is 2.87. The number of rotatable bonds is 3. The number of nitrogens with one attached hydrogen (secondary N) is 1. The van der Waals surface area contributed by atoms with Crippen LogP contribution in [-0.2, 0) is 4.79 Å². The first-order chi connectivity index (χ1) is 5.29. The highest BCUT2D eigenvalue weighted by Crippen LogP contribution is 1.92. The number of carbonyl (C=O) groups is 1. The van der Waals surface area contributed by atoms with Crippen molar-refractivity contribution in [3.63, 3.8) is 0 Å². The summed E-state index contributed by atoms with van der Waals surface area (Å²) in [7, 11) is 0. The largest absolute Gasteiger partial charge is 0.480 e. The zero-order chi connectivity index (χ0) is 8.10. The van der Waals surface area contributed by atoms with Crippen molar-refractivity contribution in [1.29, 1.82) is 0 Å². The zero-order valence-electron chi connectivity index (χ0n) is 5.56. The summed E-state index contributed by atoms with van der Waals surface area (Å²) in [4.78, 5) is 13.7. The van der Waals surface area contributed by atoms with Crippen molar-refractivity contribution in [2.24, 2.45) is 0 Å². The van der Waals surface area contributed by atoms with Crippen molar-refractivity contribution in [3.05, 3.63) is 12.5 Å². The summed E-state index contributed by atoms with van der Waals surface area (Å²) in [6.07, 6.45) is 2.67. The van der Waals surface area contributed by atoms with Gasteiger partial charge in [0.1, 0.15) is 12.9 Å². The van der Waals surface area contributed by atoms with Crippen LogP contribution < -0.4 is 5.32 Å². The van der Waals surface area contributed by atoms with Crippen LogP contribution in [0.15, 0.2) is 12.5 Å². The Kier molecular flexibility index (Phi) is 2.32. The molecule has 2 N–H and O–H groups in total. The van der Waals surface area contributed by atoms with E-state index in [-0.39, 0.29) is 6.54 Å². The Morgan fingerprint density at radius 2 is 2.55 bits per heavy atom. The molecule has 0 saturated heterocycles. The maximum Gasteiger partial charge on any atom is 0.322 e. The fourth-order valence-electron chi connectivity index (χ4n) is 0.495. The molecule has 0 aliphatic rings. The number of aliphatic carboxylic acids is 1. The number of nitrogens with zero attached hydrogens (tertiary/aromatic N) is 3. The molecule has 0 saturated carbocycles. The van der Waals surface area contributed by atoms with Gasteiger partial charge in [-0.25, -0.2) is 4.98 Å². The molecule has 0 unspecified atom stereocenters. The third kappa shape index (κ3) is 2.57. The summed E-state index contributed by atoms with van der Waals surface area (Å²) in [6, 6.07) is 0. The number of aromatic nitrogens is 3. The minimum Gasteiger partial charge on any atom is -0.480 e. The molecule has 0 radical (unpaired) electrons. The molecule has 6 heteroatoms. The average molecular weight is 154 g/mol. The molecule has 6 nitrogen and oxygen atoms in total. The molecular weight excluding hydrogens is 148 g/mol. The van der Waals surface area contributed by atoms with E-state index in [9.17, 15) is 4.79 Å². The number of hydrogen-bond donors (Lipinski definition) is 2. The Morgan fingerprint density at radius 1 is 1.73 bits per heavy atom. The highest BCUT2D eigenvalue weighted by Gasteiger charge is 1.96. The molecule has 1 aromatic heterocycles. The number of hydrogen-bond acceptors (Lipinski definition) is 5. The second-order valence-electron chi connectivity index (χ2n) is 1.74. The molecule has 0 aliphatic heterocycles. The first kappa shape index (κ1) is 7.39. The third-order valence-corrected chi connectivity index (χ3v) is 0.901. The van der Waals surface area contributed by atoms with Gasteiger partial charge in [-0.3, -0.25) is 4.79 Å². The van der Waals surface area contributed by atoms with Crippen LogP contribution >= 0.6 is 0 Å². The maximum atomic E-state index is 10.0. The van der Waals surface area contributed by atoms with E-state index in [1.165, 1.54) is 12.5 Å². The molecule has 0 fully saturated rings. The summed E-state index contributed by atoms with van der Waals surface area (Å²) in [6.45, 7) is -0.180. The zero-order valence-corrected chi connectivity index (χ0v) is 5.56. The summed E-state index contributed by atoms with van der Waals surface area (Å²) >= 11 is 0. The minimum absolute atomic E-state index is 0.180. The molecule has 0 spiro atoms. The fourth-order valence-corrected chi connectivity index (χ4v) is 0.495. The average Bonchev–Trinajstić information content (AvgIpc) is 2.03. The van der Waals surface area contributed by atoms with Crippen LogP contribution in [0.2, 0.25) is 0 Å². The van der Waals surface area contributed by atoms with Crippen molar-refractivity contribution in [3.8, 4) is 0 Å². The van der Waals surface area contributed by atoms with Gasteiger partial charge in [0.2, 0.25) is 0 Å². The quantitative estimate of drug-likeness (QED) is 0.602. The van der Waals surface area contributed by atoms with E-state index < -0.39 is 5.97 Å². The Balaban J connectivity index is 2.45. The number of anilines is 1. The molecule has 0 bridgehead atoms. The van der Waals surface area contributed by atoms with Crippen molar-refractivity contribution >= 4 is 11.8 Å². The Hall–Kier alpha value is -1.72. The highest BCUT2D eigenvalue weighted by atomic mass is 16.4. The number of carboxylic acids is 1. The fraction of sp³-hybridized carbons (Fsp3) is 0.200. The van der Waals surface area contributed by atoms with E-state index in [1.807, 2.05) is 0 Å². The Morgan fingerprint density at radius 3 is 3.09 bits per heavy atom. The van der Waals surface area contributed by atoms with Crippen LogP contribution in [0.4, 0.5) is 5.82 Å². The molecule has 0 aliphatic carbocycles. The van der Waals surface area contributed by atoms with Crippen LogP contribution in [0.1, 0.15) is 0 Å². The summed E-state index contributed by atoms with van der Waals surface area (Å²) in [5, 5.41) is 17.8. The van der Waals surface area contributed by atoms with Crippen molar-refractivity contribution in [1.82, 2.24) is 15.2 Å². The molecular formula is C5H6N4O2. The van der Waals surface area contributed by atoms with Gasteiger partial charge in [0.15, 0.2) is 5.82 Å². The van der Waals surface area contributed by atoms with Gasteiger partial charge in [0.25, 0.3) is 0 Å². The maximum absolute atomic E-state index is 10.0. The van der Waals surface area contributed by atoms with E-state index >= 15 is 0 Å². The molecule has 11 heavy (non-hydrogen) atoms. The van der Waals surface area contributed by atoms with E-state index in [1.54, 1.807) is 0 Å². The molecule has 0 amide bonds. The van der Waals surface area contributed by atoms with E-state index in [2.05, 4.69) is 20.5 Å². The predicted octanol–water partition coefficient (Wildman–Crippen LogP) is -0.632. The second-order valence-corrected chi connectivity index (χ2v) is 1.74. The van der Waals surface area contributed by atoms with Gasteiger partial charge in [0, 0.05) is 0 Å². The summed E-state index contributed by atoms with van der Waals surface area (Å²) < 4.78 is 0. The number of carboxylic acid groups (broad SMARTS) is 1. The van der Waals surface area contributed by atoms with Gasteiger partial charge in [-0.05, 0) is 0 Å². The van der Waals surface area contributed by atoms with E-state index in [0.29, 0.717) is 5.82 Å². The van der Waals surface area contributed by atoms with Gasteiger partial charge in [-0.2, -0.15) is 0 Å². The van der Waals surface area contributed by atoms with Crippen LogP contribution in [0.5, 0.6) is 0 Å². The molecule has 1 aromatic rings. The summed E-state index contributed by atoms with van der Waals surface area (Å²) in [5.74, 6) is -0.592. The van der Waals surface area contributed by atoms with Gasteiger partial charge in [0.05, 0.1) is 6.20 Å². The van der Waals surface area contributed by atoms with Crippen LogP contribution in [0.3, 0.4) is 0 Å². The topological polar surface area (TPSA) is 88.0 Å². The van der Waals surface area contributed by atoms with Crippen LogP contribution in [-0.4, -0.2) is 32.8 Å². The lowest BCUT2D eigenvalue weighted by Crippen LogP contribution is -2.13. The lowest BCUT2D eigenvalue weighted by atomic mass is 10.6. The van der Waals surface area contributed by atoms with Crippen LogP contribution in [0, 0.1) is 0 Å². The van der Waals surface area contributed by atoms with Gasteiger partial charge < -0.3 is 10.4 Å². The lowest BCUT2D eigenvalue weighted by Gasteiger charge is -1.97. The standard InChI is InChI=1S/C5H6N4O2/c10-5(11)2-7-4-1-6-3-8-9-4/h1,3H,2H2,(H,7,9)(H,10,11). The SMILES string of the molecule is O=C(O)CNc1cncnn1. The summed E-state index contributed by atoms with van der Waals surface area (Å²) in [5.41, 5.74) is 0. The smallest absolute Gasteiger partial charge is 0.322 e. The highest BCUT2D eigenvalue weighted by molar-refractivity contribution is 5.72. The molecule has 58 valence electrons. The Bertz CT molecular complexity index is 237. The lowest BCUT2D eigenvalue weighted by molar-refractivity contribution is -0.134. The second kappa shape index (κ2) is 3.45. The van der Waals surface area contributed by atoms with Gasteiger partial charge in [-0.15, -0.1) is 10.2 Å². The minimum atomic E-state index is -0.948. The van der Waals surface area contributed by atoms with Crippen molar-refractivity contribution < 1.29 is 9.90 Å². The van der Waals surface area contributed by atoms with Crippen molar-refractivity contribution in [2.75, 3.05) is 11.9 Å². The van der Waals surface area contributed by atoms with Gasteiger partial charge >= 0.3 is 5.97 Å². The normalized spacial score (nSPS) is 9.09. The van der Waals surface area contributed by atoms with E-state index in [4.69, 9.17) is 5.11 Å². The molecule has 1 heterocycles. The van der Waals surface area contributed by atoms with Gasteiger partial charge in [-0.1, -0.05) is 0 Å². The predicted molar refractivity (Wildman–Crippen MR) is 36.0 cm³/mol. The van der Waals surface area contributed by atoms with E-state index in [0.717, 1.165) is 0 Å². The Labute approximate surface area is 62.3 Å². The first-order valence-electron chi connectivity index (χ1n) is 2.87. The molecule has 1 rings (SSSR count). The van der Waals surface area contributed by atoms with Crippen molar-refractivity contribution in [2.45, 2.75) is 0 Å². The third-order valence-electron chi connectivity index (χ3n) is 0.901.